The summed E-state index contributed by atoms with van der Waals surface area (Å²) in [7, 11) is 0. The lowest BCUT2D eigenvalue weighted by atomic mass is 10.0. The minimum absolute atomic E-state index is 0.124. The number of nitrogens with zero attached hydrogens (tertiary/aromatic N) is 1. The summed E-state index contributed by atoms with van der Waals surface area (Å²) in [6, 6.07) is 4.42. The smallest absolute Gasteiger partial charge is 0.194 e. The van der Waals surface area contributed by atoms with Crippen LogP contribution < -0.4 is 11.3 Å². The molecule has 1 aromatic heterocycles. The Balaban J connectivity index is 2.55. The van der Waals surface area contributed by atoms with Crippen molar-refractivity contribution in [3.8, 4) is 0 Å². The second-order valence-corrected chi connectivity index (χ2v) is 4.59. The molecular weight excluding hydrogens is 323 g/mol. The first-order valence-corrected chi connectivity index (χ1v) is 6.05. The zero-order valence-electron chi connectivity index (χ0n) is 9.50. The molecule has 0 saturated carbocycles. The Kier molecular flexibility index (Phi) is 4.18. The van der Waals surface area contributed by atoms with Crippen LogP contribution in [0.1, 0.15) is 17.3 Å². The molecule has 3 nitrogen and oxygen atoms in total. The standard InChI is InChI=1S/C12H9BrF3N3/c13-7-2-1-5-18-12(7)11(19-17)6-3-4-8(14)10(16)9(6)15/h1-5,11,19H,17H2. The van der Waals surface area contributed by atoms with E-state index >= 15 is 0 Å². The first kappa shape index (κ1) is 14.0. The van der Waals surface area contributed by atoms with E-state index in [9.17, 15) is 13.2 Å². The van der Waals surface area contributed by atoms with Gasteiger partial charge in [0.1, 0.15) is 0 Å². The Labute approximate surface area is 115 Å². The fourth-order valence-corrected chi connectivity index (χ4v) is 2.17. The van der Waals surface area contributed by atoms with Gasteiger partial charge in [-0.25, -0.2) is 18.6 Å². The number of benzene rings is 1. The molecule has 0 fully saturated rings. The number of hydrogen-bond acceptors (Lipinski definition) is 3. The normalized spacial score (nSPS) is 12.5. The third kappa shape index (κ3) is 2.63. The zero-order chi connectivity index (χ0) is 14.0. The van der Waals surface area contributed by atoms with Gasteiger partial charge in [0.05, 0.1) is 11.7 Å². The molecule has 2 aromatic rings. The molecule has 3 N–H and O–H groups in total. The molecule has 0 aliphatic rings. The second-order valence-electron chi connectivity index (χ2n) is 3.73. The topological polar surface area (TPSA) is 50.9 Å². The van der Waals surface area contributed by atoms with Crippen LogP contribution in [0.25, 0.3) is 0 Å². The highest BCUT2D eigenvalue weighted by Gasteiger charge is 2.23. The molecule has 1 aromatic carbocycles. The molecule has 1 atom stereocenters. The fourth-order valence-electron chi connectivity index (χ4n) is 1.69. The number of hydrazine groups is 1. The summed E-state index contributed by atoms with van der Waals surface area (Å²) >= 11 is 3.24. The molecule has 100 valence electrons. The van der Waals surface area contributed by atoms with E-state index in [-0.39, 0.29) is 5.56 Å². The number of rotatable bonds is 3. The molecule has 0 radical (unpaired) electrons. The third-order valence-corrected chi connectivity index (χ3v) is 3.27. The molecule has 19 heavy (non-hydrogen) atoms. The van der Waals surface area contributed by atoms with E-state index in [1.807, 2.05) is 0 Å². The van der Waals surface area contributed by atoms with E-state index in [4.69, 9.17) is 5.84 Å². The Morgan fingerprint density at radius 1 is 1.16 bits per heavy atom. The molecule has 1 unspecified atom stereocenters. The highest BCUT2D eigenvalue weighted by atomic mass is 79.9. The number of pyridine rings is 1. The van der Waals surface area contributed by atoms with E-state index in [0.29, 0.717) is 10.2 Å². The number of nitrogens with two attached hydrogens (primary N) is 1. The summed E-state index contributed by atoms with van der Waals surface area (Å²) in [6.45, 7) is 0. The van der Waals surface area contributed by atoms with Crippen LogP contribution in [0.15, 0.2) is 34.9 Å². The molecule has 0 aliphatic heterocycles. The van der Waals surface area contributed by atoms with Crippen LogP contribution in [0.4, 0.5) is 13.2 Å². The first-order chi connectivity index (χ1) is 9.06. The van der Waals surface area contributed by atoms with Gasteiger partial charge >= 0.3 is 0 Å². The van der Waals surface area contributed by atoms with Gasteiger partial charge in [0.2, 0.25) is 0 Å². The van der Waals surface area contributed by atoms with Crippen molar-refractivity contribution in [2.24, 2.45) is 5.84 Å². The van der Waals surface area contributed by atoms with Gasteiger partial charge in [-0.05, 0) is 34.1 Å². The zero-order valence-corrected chi connectivity index (χ0v) is 11.1. The summed E-state index contributed by atoms with van der Waals surface area (Å²) in [6.07, 6.45) is 1.49. The molecule has 2 rings (SSSR count). The van der Waals surface area contributed by atoms with E-state index < -0.39 is 23.5 Å². The molecule has 1 heterocycles. The Bertz CT molecular complexity index is 607. The molecule has 0 bridgehead atoms. The summed E-state index contributed by atoms with van der Waals surface area (Å²) < 4.78 is 40.5. The maximum Gasteiger partial charge on any atom is 0.194 e. The van der Waals surface area contributed by atoms with Gasteiger partial charge < -0.3 is 0 Å². The van der Waals surface area contributed by atoms with Crippen molar-refractivity contribution in [3.63, 3.8) is 0 Å². The highest BCUT2D eigenvalue weighted by Crippen LogP contribution is 2.29. The predicted molar refractivity (Wildman–Crippen MR) is 67.4 cm³/mol. The summed E-state index contributed by atoms with van der Waals surface area (Å²) in [5.74, 6) is 1.29. The average Bonchev–Trinajstić information content (AvgIpc) is 2.41. The van der Waals surface area contributed by atoms with Gasteiger partial charge in [0, 0.05) is 16.2 Å². The maximum absolute atomic E-state index is 13.8. The summed E-state index contributed by atoms with van der Waals surface area (Å²) in [5, 5.41) is 0. The van der Waals surface area contributed by atoms with Crippen molar-refractivity contribution in [2.45, 2.75) is 6.04 Å². The van der Waals surface area contributed by atoms with Crippen LogP contribution in [0.3, 0.4) is 0 Å². The number of halogens is 4. The van der Waals surface area contributed by atoms with E-state index in [2.05, 4.69) is 26.3 Å². The molecule has 7 heteroatoms. The number of nitrogens with one attached hydrogen (secondary N) is 1. The van der Waals surface area contributed by atoms with Crippen LogP contribution in [-0.2, 0) is 0 Å². The SMILES string of the molecule is NNC(c1ccc(F)c(F)c1F)c1ncccc1Br. The van der Waals surface area contributed by atoms with E-state index in [0.717, 1.165) is 12.1 Å². The number of hydrogen-bond donors (Lipinski definition) is 2. The second kappa shape index (κ2) is 5.68. The van der Waals surface area contributed by atoms with E-state index in [1.165, 1.54) is 6.20 Å². The maximum atomic E-state index is 13.8. The Morgan fingerprint density at radius 2 is 1.89 bits per heavy atom. The molecule has 0 saturated heterocycles. The molecule has 0 amide bonds. The van der Waals surface area contributed by atoms with Crippen LogP contribution >= 0.6 is 15.9 Å². The molecule has 0 aliphatic carbocycles. The van der Waals surface area contributed by atoms with E-state index in [1.54, 1.807) is 12.1 Å². The predicted octanol–water partition coefficient (Wildman–Crippen LogP) is 2.81. The minimum Gasteiger partial charge on any atom is -0.271 e. The van der Waals surface area contributed by atoms with Gasteiger partial charge in [-0.2, -0.15) is 0 Å². The van der Waals surface area contributed by atoms with Crippen molar-refractivity contribution in [3.05, 3.63) is 63.6 Å². The van der Waals surface area contributed by atoms with Crippen LogP contribution in [0.2, 0.25) is 0 Å². The lowest BCUT2D eigenvalue weighted by Crippen LogP contribution is -2.30. The average molecular weight is 332 g/mol. The highest BCUT2D eigenvalue weighted by molar-refractivity contribution is 9.10. The van der Waals surface area contributed by atoms with Crippen molar-refractivity contribution in [2.75, 3.05) is 0 Å². The van der Waals surface area contributed by atoms with Crippen LogP contribution in [0.5, 0.6) is 0 Å². The van der Waals surface area contributed by atoms with Crippen molar-refractivity contribution in [1.82, 2.24) is 10.4 Å². The summed E-state index contributed by atoms with van der Waals surface area (Å²) in [5.41, 5.74) is 2.59. The summed E-state index contributed by atoms with van der Waals surface area (Å²) in [4.78, 5) is 4.05. The fraction of sp³-hybridized carbons (Fsp3) is 0.0833. The monoisotopic (exact) mass is 331 g/mol. The Hall–Kier alpha value is -1.44. The first-order valence-electron chi connectivity index (χ1n) is 5.26. The van der Waals surface area contributed by atoms with Gasteiger partial charge in [-0.15, -0.1) is 0 Å². The Morgan fingerprint density at radius 3 is 2.53 bits per heavy atom. The molecular formula is C12H9BrF3N3. The van der Waals surface area contributed by atoms with Crippen LogP contribution in [0, 0.1) is 17.5 Å². The van der Waals surface area contributed by atoms with Gasteiger partial charge in [0.25, 0.3) is 0 Å². The van der Waals surface area contributed by atoms with Gasteiger partial charge in [-0.1, -0.05) is 6.07 Å². The number of aromatic nitrogens is 1. The van der Waals surface area contributed by atoms with Gasteiger partial charge in [0.15, 0.2) is 17.5 Å². The largest absolute Gasteiger partial charge is 0.271 e. The van der Waals surface area contributed by atoms with Crippen molar-refractivity contribution < 1.29 is 13.2 Å². The lowest BCUT2D eigenvalue weighted by molar-refractivity contribution is 0.432. The third-order valence-electron chi connectivity index (χ3n) is 2.60. The quantitative estimate of drug-likeness (QED) is 0.516. The van der Waals surface area contributed by atoms with Crippen LogP contribution in [-0.4, -0.2) is 4.98 Å². The van der Waals surface area contributed by atoms with Crippen molar-refractivity contribution in [1.29, 1.82) is 0 Å². The minimum atomic E-state index is -1.54. The van der Waals surface area contributed by atoms with Crippen molar-refractivity contribution >= 4 is 15.9 Å². The van der Waals surface area contributed by atoms with Gasteiger partial charge in [-0.3, -0.25) is 10.8 Å². The lowest BCUT2D eigenvalue weighted by Gasteiger charge is -2.18. The molecule has 0 spiro atoms.